The predicted octanol–water partition coefficient (Wildman–Crippen LogP) is 4.44. The standard InChI is InChI=1S/C19H16BrN3O3S/c1-11-14(21-16(26-11)15-7-4-8-27-15)10-23-17(24)19(2,22-18(23)25)12-5-3-6-13(20)9-12/h3-9H,10H2,1-2H3,(H,22,25). The van der Waals surface area contributed by atoms with Gasteiger partial charge in [-0.2, -0.15) is 0 Å². The summed E-state index contributed by atoms with van der Waals surface area (Å²) in [6, 6.07) is 10.7. The lowest BCUT2D eigenvalue weighted by atomic mass is 9.92. The molecule has 1 unspecified atom stereocenters. The molecule has 8 heteroatoms. The minimum atomic E-state index is -1.12. The van der Waals surface area contributed by atoms with Crippen molar-refractivity contribution in [2.75, 3.05) is 0 Å². The monoisotopic (exact) mass is 445 g/mol. The summed E-state index contributed by atoms with van der Waals surface area (Å²) in [6.45, 7) is 3.56. The molecule has 0 bridgehead atoms. The van der Waals surface area contributed by atoms with Crippen LogP contribution in [0.25, 0.3) is 10.8 Å². The van der Waals surface area contributed by atoms with Gasteiger partial charge in [0.25, 0.3) is 5.91 Å². The van der Waals surface area contributed by atoms with E-state index in [9.17, 15) is 9.59 Å². The number of aryl methyl sites for hydroxylation is 1. The number of imide groups is 1. The first-order valence-electron chi connectivity index (χ1n) is 8.29. The topological polar surface area (TPSA) is 75.4 Å². The normalized spacial score (nSPS) is 19.6. The summed E-state index contributed by atoms with van der Waals surface area (Å²) in [6.07, 6.45) is 0. The van der Waals surface area contributed by atoms with Crippen LogP contribution in [-0.4, -0.2) is 21.8 Å². The minimum absolute atomic E-state index is 0.0645. The van der Waals surface area contributed by atoms with Gasteiger partial charge in [0.05, 0.1) is 11.4 Å². The molecule has 4 rings (SSSR count). The van der Waals surface area contributed by atoms with E-state index in [1.54, 1.807) is 13.8 Å². The van der Waals surface area contributed by atoms with E-state index in [1.165, 1.54) is 16.2 Å². The van der Waals surface area contributed by atoms with Gasteiger partial charge in [-0.25, -0.2) is 9.78 Å². The number of nitrogens with zero attached hydrogens (tertiary/aromatic N) is 2. The molecule has 3 amide bonds. The number of amides is 3. The fraction of sp³-hybridized carbons (Fsp3) is 0.211. The maximum absolute atomic E-state index is 13.1. The van der Waals surface area contributed by atoms with Gasteiger partial charge in [-0.05, 0) is 43.0 Å². The Kier molecular flexibility index (Phi) is 4.39. The predicted molar refractivity (Wildman–Crippen MR) is 105 cm³/mol. The molecule has 138 valence electrons. The van der Waals surface area contributed by atoms with Crippen molar-refractivity contribution in [1.82, 2.24) is 15.2 Å². The molecule has 1 atom stereocenters. The molecule has 0 spiro atoms. The van der Waals surface area contributed by atoms with Crippen LogP contribution in [0.4, 0.5) is 4.79 Å². The molecule has 1 N–H and O–H groups in total. The number of oxazole rings is 1. The van der Waals surface area contributed by atoms with Crippen LogP contribution in [0.1, 0.15) is 23.9 Å². The Hall–Kier alpha value is -2.45. The second-order valence-electron chi connectivity index (χ2n) is 6.46. The van der Waals surface area contributed by atoms with Crippen molar-refractivity contribution in [3.63, 3.8) is 0 Å². The van der Waals surface area contributed by atoms with Crippen molar-refractivity contribution in [2.45, 2.75) is 25.9 Å². The average molecular weight is 446 g/mol. The van der Waals surface area contributed by atoms with Gasteiger partial charge in [-0.15, -0.1) is 11.3 Å². The Bertz CT molecular complexity index is 1030. The Labute approximate surface area is 168 Å². The first-order valence-corrected chi connectivity index (χ1v) is 9.96. The average Bonchev–Trinajstić information content (AvgIpc) is 3.32. The quantitative estimate of drug-likeness (QED) is 0.602. The van der Waals surface area contributed by atoms with Crippen molar-refractivity contribution < 1.29 is 14.0 Å². The molecule has 6 nitrogen and oxygen atoms in total. The lowest BCUT2D eigenvalue weighted by Gasteiger charge is -2.22. The Morgan fingerprint density at radius 2 is 2.11 bits per heavy atom. The Morgan fingerprint density at radius 3 is 2.81 bits per heavy atom. The van der Waals surface area contributed by atoms with Crippen LogP contribution in [0.5, 0.6) is 0 Å². The molecule has 3 aromatic rings. The SMILES string of the molecule is Cc1oc(-c2cccs2)nc1CN1C(=O)NC(C)(c2cccc(Br)c2)C1=O. The van der Waals surface area contributed by atoms with E-state index in [0.717, 1.165) is 9.35 Å². The summed E-state index contributed by atoms with van der Waals surface area (Å²) in [5, 5.41) is 4.75. The van der Waals surface area contributed by atoms with Gasteiger partial charge in [0.1, 0.15) is 17.0 Å². The summed E-state index contributed by atoms with van der Waals surface area (Å²) in [5.41, 5.74) is 0.170. The van der Waals surface area contributed by atoms with Crippen molar-refractivity contribution >= 4 is 39.2 Å². The van der Waals surface area contributed by atoms with Gasteiger partial charge < -0.3 is 9.73 Å². The van der Waals surface area contributed by atoms with E-state index in [4.69, 9.17) is 4.42 Å². The molecule has 27 heavy (non-hydrogen) atoms. The number of hydrogen-bond donors (Lipinski definition) is 1. The Balaban J connectivity index is 1.62. The van der Waals surface area contributed by atoms with E-state index < -0.39 is 11.6 Å². The zero-order valence-corrected chi connectivity index (χ0v) is 17.1. The lowest BCUT2D eigenvalue weighted by molar-refractivity contribution is -0.131. The molecular weight excluding hydrogens is 430 g/mol. The summed E-state index contributed by atoms with van der Waals surface area (Å²) in [7, 11) is 0. The summed E-state index contributed by atoms with van der Waals surface area (Å²) >= 11 is 4.93. The fourth-order valence-electron chi connectivity index (χ4n) is 3.07. The first kappa shape index (κ1) is 17.9. The molecular formula is C19H16BrN3O3S. The molecule has 0 aliphatic carbocycles. The molecule has 1 fully saturated rings. The van der Waals surface area contributed by atoms with Crippen molar-refractivity contribution in [3.8, 4) is 10.8 Å². The maximum atomic E-state index is 13.1. The smallest absolute Gasteiger partial charge is 0.325 e. The molecule has 2 aromatic heterocycles. The zero-order valence-electron chi connectivity index (χ0n) is 14.7. The second-order valence-corrected chi connectivity index (χ2v) is 8.32. The molecule has 3 heterocycles. The highest BCUT2D eigenvalue weighted by Crippen LogP contribution is 2.32. The molecule has 1 aromatic carbocycles. The van der Waals surface area contributed by atoms with Gasteiger partial charge in [0.2, 0.25) is 5.89 Å². The number of benzene rings is 1. The zero-order chi connectivity index (χ0) is 19.2. The summed E-state index contributed by atoms with van der Waals surface area (Å²) in [4.78, 5) is 32.2. The number of halogens is 1. The van der Waals surface area contributed by atoms with Crippen LogP contribution in [0.15, 0.2) is 50.7 Å². The van der Waals surface area contributed by atoms with Gasteiger partial charge in [-0.3, -0.25) is 9.69 Å². The van der Waals surface area contributed by atoms with Crippen LogP contribution in [0.2, 0.25) is 0 Å². The largest absolute Gasteiger partial charge is 0.440 e. The third kappa shape index (κ3) is 3.08. The number of rotatable bonds is 4. The number of thiophene rings is 1. The first-order chi connectivity index (χ1) is 12.9. The van der Waals surface area contributed by atoms with Crippen LogP contribution >= 0.6 is 27.3 Å². The highest BCUT2D eigenvalue weighted by Gasteiger charge is 2.49. The second kappa shape index (κ2) is 6.61. The van der Waals surface area contributed by atoms with Gasteiger partial charge in [0.15, 0.2) is 0 Å². The molecule has 1 saturated heterocycles. The van der Waals surface area contributed by atoms with E-state index >= 15 is 0 Å². The maximum Gasteiger partial charge on any atom is 0.325 e. The highest BCUT2D eigenvalue weighted by molar-refractivity contribution is 9.10. The number of nitrogens with one attached hydrogen (secondary N) is 1. The Morgan fingerprint density at radius 1 is 1.30 bits per heavy atom. The van der Waals surface area contributed by atoms with E-state index in [-0.39, 0.29) is 12.5 Å². The summed E-state index contributed by atoms with van der Waals surface area (Å²) in [5.74, 6) is 0.778. The van der Waals surface area contributed by atoms with E-state index in [1.807, 2.05) is 41.8 Å². The number of carbonyl (C=O) groups is 2. The fourth-order valence-corrected chi connectivity index (χ4v) is 4.11. The van der Waals surface area contributed by atoms with E-state index in [2.05, 4.69) is 26.2 Å². The van der Waals surface area contributed by atoms with Gasteiger partial charge in [-0.1, -0.05) is 34.1 Å². The van der Waals surface area contributed by atoms with Crippen LogP contribution in [-0.2, 0) is 16.9 Å². The highest BCUT2D eigenvalue weighted by atomic mass is 79.9. The number of carbonyl (C=O) groups excluding carboxylic acids is 2. The minimum Gasteiger partial charge on any atom is -0.440 e. The van der Waals surface area contributed by atoms with Crippen LogP contribution in [0.3, 0.4) is 0 Å². The van der Waals surface area contributed by atoms with Crippen LogP contribution < -0.4 is 5.32 Å². The van der Waals surface area contributed by atoms with Gasteiger partial charge >= 0.3 is 6.03 Å². The molecule has 0 saturated carbocycles. The molecule has 0 radical (unpaired) electrons. The van der Waals surface area contributed by atoms with Crippen LogP contribution in [0, 0.1) is 6.92 Å². The van der Waals surface area contributed by atoms with E-state index in [0.29, 0.717) is 22.9 Å². The molecule has 1 aliphatic heterocycles. The van der Waals surface area contributed by atoms with Crippen molar-refractivity contribution in [2.24, 2.45) is 0 Å². The molecule has 1 aliphatic rings. The number of urea groups is 1. The van der Waals surface area contributed by atoms with Crippen molar-refractivity contribution in [1.29, 1.82) is 0 Å². The third-order valence-electron chi connectivity index (χ3n) is 4.61. The third-order valence-corrected chi connectivity index (χ3v) is 5.96. The summed E-state index contributed by atoms with van der Waals surface area (Å²) < 4.78 is 6.56. The van der Waals surface area contributed by atoms with Gasteiger partial charge in [0, 0.05) is 4.47 Å². The lowest BCUT2D eigenvalue weighted by Crippen LogP contribution is -2.40. The number of hydrogen-bond acceptors (Lipinski definition) is 5. The number of aromatic nitrogens is 1. The van der Waals surface area contributed by atoms with Crippen molar-refractivity contribution in [3.05, 3.63) is 63.3 Å².